The Morgan fingerprint density at radius 2 is 1.25 bits per heavy atom. The van der Waals surface area contributed by atoms with Crippen LogP contribution >= 0.6 is 0 Å². The van der Waals surface area contributed by atoms with Crippen LogP contribution in [0.1, 0.15) is 11.1 Å². The Morgan fingerprint density at radius 1 is 0.700 bits per heavy atom. The van der Waals surface area contributed by atoms with Crippen LogP contribution in [0.25, 0.3) is 11.0 Å². The van der Waals surface area contributed by atoms with Crippen molar-refractivity contribution in [1.29, 1.82) is 0 Å². The Kier molecular flexibility index (Phi) is 3.62. The molecule has 0 aliphatic carbocycles. The summed E-state index contributed by atoms with van der Waals surface area (Å²) in [5.74, 6) is 1.39. The van der Waals surface area contributed by atoms with Crippen molar-refractivity contribution in [3.63, 3.8) is 0 Å². The van der Waals surface area contributed by atoms with E-state index in [4.69, 9.17) is 0 Å². The summed E-state index contributed by atoms with van der Waals surface area (Å²) in [4.78, 5) is 0. The molecule has 0 aliphatic rings. The van der Waals surface area contributed by atoms with Crippen LogP contribution < -0.4 is 0 Å². The SMILES string of the molecule is FC(F)(F)c1cccc(C(F)(F)F)c1-c1bcccc1. The minimum atomic E-state index is -4.85. The van der Waals surface area contributed by atoms with Crippen LogP contribution in [-0.2, 0) is 12.4 Å². The summed E-state index contributed by atoms with van der Waals surface area (Å²) in [5, 5.41) is 0. The molecule has 2 rings (SSSR count). The van der Waals surface area contributed by atoms with Gasteiger partial charge in [-0.05, 0) is 0 Å². The van der Waals surface area contributed by atoms with Crippen molar-refractivity contribution in [3.05, 3.63) is 53.5 Å². The Hall–Kier alpha value is -1.79. The van der Waals surface area contributed by atoms with E-state index in [9.17, 15) is 26.3 Å². The second-order valence-corrected chi connectivity index (χ2v) is 4.09. The zero-order chi connectivity index (χ0) is 15.0. The van der Waals surface area contributed by atoms with Crippen molar-refractivity contribution in [2.75, 3.05) is 0 Å². The van der Waals surface area contributed by atoms with Gasteiger partial charge in [0.2, 0.25) is 0 Å². The van der Waals surface area contributed by atoms with Gasteiger partial charge in [-0.25, -0.2) is 0 Å². The molecule has 2 aromatic rings. The molecule has 0 atom stereocenters. The minimum absolute atomic E-state index is 0.118. The third kappa shape index (κ3) is 2.86. The molecule has 1 aromatic heterocycles. The number of alkyl halides is 6. The monoisotopic (exact) mass is 288 g/mol. The zero-order valence-electron chi connectivity index (χ0n) is 9.89. The van der Waals surface area contributed by atoms with Gasteiger partial charge in [0.25, 0.3) is 0 Å². The fraction of sp³-hybridized carbons (Fsp3) is 0.154. The molecule has 0 saturated carbocycles. The van der Waals surface area contributed by atoms with Gasteiger partial charge in [0.1, 0.15) is 0 Å². The van der Waals surface area contributed by atoms with Gasteiger partial charge in [-0.3, -0.25) is 0 Å². The van der Waals surface area contributed by atoms with Gasteiger partial charge >= 0.3 is 110 Å². The third-order valence-corrected chi connectivity index (χ3v) is 2.74. The van der Waals surface area contributed by atoms with E-state index in [1.165, 1.54) is 31.1 Å². The first kappa shape index (κ1) is 14.6. The second kappa shape index (κ2) is 4.96. The molecule has 0 fully saturated rings. The quantitative estimate of drug-likeness (QED) is 0.665. The Bertz CT molecular complexity index is 568. The Labute approximate surface area is 111 Å². The number of hydrogen-bond acceptors (Lipinski definition) is 0. The van der Waals surface area contributed by atoms with E-state index in [2.05, 4.69) is 0 Å². The average molecular weight is 288 g/mol. The van der Waals surface area contributed by atoms with Crippen LogP contribution in [-0.4, -0.2) is 6.91 Å². The van der Waals surface area contributed by atoms with Gasteiger partial charge in [-0.2, -0.15) is 0 Å². The molecule has 0 radical (unpaired) electrons. The maximum absolute atomic E-state index is 12.9. The molecule has 0 bridgehead atoms. The first-order chi connectivity index (χ1) is 9.21. The molecular formula is C13H7BF6. The van der Waals surface area contributed by atoms with Gasteiger partial charge in [-0.15, -0.1) is 0 Å². The van der Waals surface area contributed by atoms with Crippen LogP contribution in [0.3, 0.4) is 0 Å². The van der Waals surface area contributed by atoms with Gasteiger partial charge < -0.3 is 0 Å². The summed E-state index contributed by atoms with van der Waals surface area (Å²) in [6.07, 6.45) is -9.71. The molecule has 0 nitrogen and oxygen atoms in total. The molecule has 0 aliphatic heterocycles. The van der Waals surface area contributed by atoms with Crippen molar-refractivity contribution in [2.45, 2.75) is 12.4 Å². The standard InChI is InChI=1S/C13H7BF6/c15-12(16,17)8-4-3-5-9(13(18,19)20)11(8)10-6-1-2-7-14-10/h1-7H. The molecule has 0 unspecified atom stereocenters. The second-order valence-electron chi connectivity index (χ2n) is 4.09. The predicted molar refractivity (Wildman–Crippen MR) is 63.2 cm³/mol. The molecule has 0 spiro atoms. The summed E-state index contributed by atoms with van der Waals surface area (Å²) < 4.78 is 77.6. The van der Waals surface area contributed by atoms with E-state index in [1.54, 1.807) is 0 Å². The van der Waals surface area contributed by atoms with Crippen LogP contribution in [0.15, 0.2) is 42.4 Å². The zero-order valence-corrected chi connectivity index (χ0v) is 9.89. The van der Waals surface area contributed by atoms with Crippen molar-refractivity contribution >= 4 is 6.91 Å². The normalized spacial score (nSPS) is 12.3. The molecule has 0 N–H and O–H groups in total. The van der Waals surface area contributed by atoms with Gasteiger partial charge in [0.15, 0.2) is 0 Å². The summed E-state index contributed by atoms with van der Waals surface area (Å²) in [7, 11) is 0. The average Bonchev–Trinajstić information content (AvgIpc) is 2.37. The van der Waals surface area contributed by atoms with E-state index in [-0.39, 0.29) is 5.46 Å². The summed E-state index contributed by atoms with van der Waals surface area (Å²) >= 11 is 0. The third-order valence-electron chi connectivity index (χ3n) is 2.74. The fourth-order valence-corrected chi connectivity index (χ4v) is 1.94. The van der Waals surface area contributed by atoms with E-state index in [0.717, 1.165) is 6.07 Å². The topological polar surface area (TPSA) is 0 Å². The van der Waals surface area contributed by atoms with E-state index < -0.39 is 29.0 Å². The maximum atomic E-state index is 12.9. The van der Waals surface area contributed by atoms with Crippen LogP contribution in [0.2, 0.25) is 0 Å². The van der Waals surface area contributed by atoms with Crippen LogP contribution in [0.5, 0.6) is 0 Å². The van der Waals surface area contributed by atoms with Crippen molar-refractivity contribution in [2.24, 2.45) is 0 Å². The van der Waals surface area contributed by atoms with Gasteiger partial charge in [0, 0.05) is 0 Å². The molecule has 1 heterocycles. The van der Waals surface area contributed by atoms with Crippen molar-refractivity contribution < 1.29 is 26.3 Å². The van der Waals surface area contributed by atoms with Crippen LogP contribution in [0, 0.1) is 0 Å². The van der Waals surface area contributed by atoms with Crippen molar-refractivity contribution in [1.82, 2.24) is 0 Å². The van der Waals surface area contributed by atoms with E-state index in [0.29, 0.717) is 12.1 Å². The molecule has 1 aromatic carbocycles. The molecule has 20 heavy (non-hydrogen) atoms. The van der Waals surface area contributed by atoms with Gasteiger partial charge in [-0.1, -0.05) is 0 Å². The number of hydrogen-bond donors (Lipinski definition) is 0. The first-order valence-corrected chi connectivity index (χ1v) is 5.54. The molecule has 104 valence electrons. The Morgan fingerprint density at radius 3 is 1.65 bits per heavy atom. The molecule has 7 heteroatoms. The van der Waals surface area contributed by atoms with E-state index in [1.807, 2.05) is 0 Å². The number of rotatable bonds is 1. The molecular weight excluding hydrogens is 281 g/mol. The number of halogens is 6. The summed E-state index contributed by atoms with van der Waals surface area (Å²) in [5.41, 5.74) is -3.54. The van der Waals surface area contributed by atoms with Gasteiger partial charge in [0.05, 0.1) is 0 Å². The van der Waals surface area contributed by atoms with Crippen LogP contribution in [0.4, 0.5) is 26.3 Å². The molecule has 0 saturated heterocycles. The number of benzene rings is 1. The van der Waals surface area contributed by atoms with E-state index >= 15 is 0 Å². The van der Waals surface area contributed by atoms with Crippen molar-refractivity contribution in [3.8, 4) is 11.0 Å². The Balaban J connectivity index is 2.80. The summed E-state index contributed by atoms with van der Waals surface area (Å²) in [6.45, 7) is 1.22. The fourth-order valence-electron chi connectivity index (χ4n) is 1.94. The predicted octanol–water partition coefficient (Wildman–Crippen LogP) is 4.73. The summed E-state index contributed by atoms with van der Waals surface area (Å²) in [6, 6.07) is 6.20. The first-order valence-electron chi connectivity index (χ1n) is 5.54. The molecule has 0 amide bonds.